The van der Waals surface area contributed by atoms with Gasteiger partial charge in [0.25, 0.3) is 0 Å². The topological polar surface area (TPSA) is 38.3 Å². The van der Waals surface area contributed by atoms with E-state index < -0.39 is 0 Å². The summed E-state index contributed by atoms with van der Waals surface area (Å²) in [7, 11) is 0. The summed E-state index contributed by atoms with van der Waals surface area (Å²) in [6.07, 6.45) is 9.18. The van der Waals surface area contributed by atoms with Crippen LogP contribution < -0.4 is 5.32 Å². The molecule has 84 valence electrons. The smallest absolute Gasteiger partial charge is 0.227 e. The quantitative estimate of drug-likeness (QED) is 0.662. The Bertz CT molecular complexity index is 271. The fraction of sp³-hybridized carbons (Fsp3) is 0.917. The van der Waals surface area contributed by atoms with Crippen LogP contribution in [-0.2, 0) is 9.53 Å². The average Bonchev–Trinajstić information content (AvgIpc) is 2.67. The third-order valence-corrected chi connectivity index (χ3v) is 4.18. The molecule has 1 spiro atoms. The first kappa shape index (κ1) is 9.64. The molecule has 2 atom stereocenters. The number of fused-ring (bicyclic) bond motifs is 1. The number of hydrogen-bond donors (Lipinski definition) is 1. The van der Waals surface area contributed by atoms with Gasteiger partial charge in [-0.05, 0) is 44.9 Å². The predicted octanol–water partition coefficient (Wildman–Crippen LogP) is 1.96. The Hall–Kier alpha value is -0.570. The lowest BCUT2D eigenvalue weighted by Crippen LogP contribution is -2.60. The molecule has 3 nitrogen and oxygen atoms in total. The summed E-state index contributed by atoms with van der Waals surface area (Å²) in [5, 5.41) is 3.14. The minimum Gasteiger partial charge on any atom is -0.352 e. The average molecular weight is 209 g/mol. The zero-order chi connectivity index (χ0) is 10.3. The van der Waals surface area contributed by atoms with E-state index in [1.165, 1.54) is 19.3 Å². The zero-order valence-electron chi connectivity index (χ0n) is 9.13. The van der Waals surface area contributed by atoms with Gasteiger partial charge in [-0.15, -0.1) is 0 Å². The minimum atomic E-state index is -0.277. The molecule has 1 heterocycles. The van der Waals surface area contributed by atoms with E-state index in [-0.39, 0.29) is 23.7 Å². The maximum absolute atomic E-state index is 12.0. The van der Waals surface area contributed by atoms with Gasteiger partial charge in [0.2, 0.25) is 5.91 Å². The molecule has 2 saturated carbocycles. The lowest BCUT2D eigenvalue weighted by atomic mass is 9.88. The van der Waals surface area contributed by atoms with Crippen LogP contribution in [0.5, 0.6) is 0 Å². The summed E-state index contributed by atoms with van der Waals surface area (Å²) in [5.74, 6) is 0.406. The van der Waals surface area contributed by atoms with Gasteiger partial charge in [-0.1, -0.05) is 6.42 Å². The number of carbonyl (C=O) groups is 1. The van der Waals surface area contributed by atoms with Gasteiger partial charge < -0.3 is 10.1 Å². The SMILES string of the molecule is O=C1NC2(CCCCC2)O[C@H]2CCC[C@@H]12. The second-order valence-electron chi connectivity index (χ2n) is 5.24. The lowest BCUT2D eigenvalue weighted by Gasteiger charge is -2.45. The summed E-state index contributed by atoms with van der Waals surface area (Å²) in [6.45, 7) is 0. The molecule has 0 aromatic heterocycles. The summed E-state index contributed by atoms with van der Waals surface area (Å²) in [5.41, 5.74) is -0.277. The first-order valence-electron chi connectivity index (χ1n) is 6.29. The van der Waals surface area contributed by atoms with Crippen molar-refractivity contribution < 1.29 is 9.53 Å². The Morgan fingerprint density at radius 3 is 2.73 bits per heavy atom. The summed E-state index contributed by atoms with van der Waals surface area (Å²) >= 11 is 0. The molecule has 2 aliphatic carbocycles. The van der Waals surface area contributed by atoms with Gasteiger partial charge in [-0.2, -0.15) is 0 Å². The Kier molecular flexibility index (Phi) is 2.23. The van der Waals surface area contributed by atoms with Crippen LogP contribution in [0.15, 0.2) is 0 Å². The van der Waals surface area contributed by atoms with Crippen molar-refractivity contribution in [2.45, 2.75) is 63.2 Å². The first-order chi connectivity index (χ1) is 7.29. The number of amides is 1. The maximum atomic E-state index is 12.0. The van der Waals surface area contributed by atoms with Crippen LogP contribution in [0, 0.1) is 5.92 Å². The van der Waals surface area contributed by atoms with Crippen LogP contribution >= 0.6 is 0 Å². The van der Waals surface area contributed by atoms with E-state index in [1.54, 1.807) is 0 Å². The van der Waals surface area contributed by atoms with Gasteiger partial charge in [0.05, 0.1) is 12.0 Å². The zero-order valence-corrected chi connectivity index (χ0v) is 9.13. The van der Waals surface area contributed by atoms with Crippen molar-refractivity contribution >= 4 is 5.91 Å². The largest absolute Gasteiger partial charge is 0.352 e. The van der Waals surface area contributed by atoms with E-state index in [9.17, 15) is 4.79 Å². The fourth-order valence-electron chi connectivity index (χ4n) is 3.37. The number of carbonyl (C=O) groups excluding carboxylic acids is 1. The molecule has 0 bridgehead atoms. The monoisotopic (exact) mass is 209 g/mol. The third kappa shape index (κ3) is 1.57. The van der Waals surface area contributed by atoms with Gasteiger partial charge in [0.15, 0.2) is 0 Å². The van der Waals surface area contributed by atoms with E-state index in [4.69, 9.17) is 4.74 Å². The van der Waals surface area contributed by atoms with Crippen molar-refractivity contribution in [3.63, 3.8) is 0 Å². The summed E-state index contributed by atoms with van der Waals surface area (Å²) in [6, 6.07) is 0. The molecule has 3 heteroatoms. The predicted molar refractivity (Wildman–Crippen MR) is 56.2 cm³/mol. The van der Waals surface area contributed by atoms with Crippen LogP contribution in [-0.4, -0.2) is 17.7 Å². The normalized spacial score (nSPS) is 38.8. The van der Waals surface area contributed by atoms with Gasteiger partial charge in [0, 0.05) is 0 Å². The van der Waals surface area contributed by atoms with E-state index in [1.807, 2.05) is 0 Å². The Labute approximate surface area is 90.6 Å². The van der Waals surface area contributed by atoms with Gasteiger partial charge >= 0.3 is 0 Å². The lowest BCUT2D eigenvalue weighted by molar-refractivity contribution is -0.186. The van der Waals surface area contributed by atoms with Crippen molar-refractivity contribution in [3.05, 3.63) is 0 Å². The highest BCUT2D eigenvalue weighted by Crippen LogP contribution is 2.40. The molecule has 1 N–H and O–H groups in total. The van der Waals surface area contributed by atoms with Crippen molar-refractivity contribution in [1.82, 2.24) is 5.32 Å². The molecule has 3 fully saturated rings. The highest BCUT2D eigenvalue weighted by molar-refractivity contribution is 5.81. The van der Waals surface area contributed by atoms with Crippen LogP contribution in [0.1, 0.15) is 51.4 Å². The van der Waals surface area contributed by atoms with Crippen molar-refractivity contribution in [1.29, 1.82) is 0 Å². The summed E-state index contributed by atoms with van der Waals surface area (Å²) < 4.78 is 6.18. The molecule has 0 aromatic rings. The number of nitrogens with one attached hydrogen (secondary N) is 1. The molecule has 3 rings (SSSR count). The van der Waals surface area contributed by atoms with Crippen molar-refractivity contribution in [2.24, 2.45) is 5.92 Å². The second-order valence-corrected chi connectivity index (χ2v) is 5.24. The van der Waals surface area contributed by atoms with Crippen molar-refractivity contribution in [2.75, 3.05) is 0 Å². The van der Waals surface area contributed by atoms with Crippen LogP contribution in [0.4, 0.5) is 0 Å². The maximum Gasteiger partial charge on any atom is 0.227 e. The van der Waals surface area contributed by atoms with Crippen LogP contribution in [0.25, 0.3) is 0 Å². The Balaban J connectivity index is 1.79. The van der Waals surface area contributed by atoms with E-state index >= 15 is 0 Å². The fourth-order valence-corrected chi connectivity index (χ4v) is 3.37. The molecular weight excluding hydrogens is 190 g/mol. The van der Waals surface area contributed by atoms with E-state index in [0.29, 0.717) is 0 Å². The number of ether oxygens (including phenoxy) is 1. The molecule has 15 heavy (non-hydrogen) atoms. The van der Waals surface area contributed by atoms with E-state index in [0.717, 1.165) is 32.1 Å². The van der Waals surface area contributed by atoms with E-state index in [2.05, 4.69) is 5.32 Å². The number of rotatable bonds is 0. The molecule has 0 unspecified atom stereocenters. The molecular formula is C12H19NO2. The third-order valence-electron chi connectivity index (χ3n) is 4.18. The van der Waals surface area contributed by atoms with Gasteiger partial charge in [0.1, 0.15) is 5.72 Å². The molecule has 0 radical (unpaired) electrons. The second kappa shape index (κ2) is 3.48. The highest BCUT2D eigenvalue weighted by atomic mass is 16.5. The Morgan fingerprint density at radius 1 is 1.13 bits per heavy atom. The standard InChI is InChI=1S/C12H19NO2/c14-11-9-5-4-6-10(9)15-12(13-11)7-2-1-3-8-12/h9-10H,1-8H2,(H,13,14)/t9-,10+/m1/s1. The van der Waals surface area contributed by atoms with Crippen LogP contribution in [0.3, 0.4) is 0 Å². The molecule has 1 saturated heterocycles. The van der Waals surface area contributed by atoms with Gasteiger partial charge in [-0.25, -0.2) is 0 Å². The van der Waals surface area contributed by atoms with Gasteiger partial charge in [-0.3, -0.25) is 4.79 Å². The molecule has 0 aromatic carbocycles. The van der Waals surface area contributed by atoms with Crippen molar-refractivity contribution in [3.8, 4) is 0 Å². The molecule has 1 aliphatic heterocycles. The summed E-state index contributed by atoms with van der Waals surface area (Å²) in [4.78, 5) is 12.0. The molecule has 1 amide bonds. The molecule has 3 aliphatic rings. The highest BCUT2D eigenvalue weighted by Gasteiger charge is 2.47. The minimum absolute atomic E-state index is 0.151. The van der Waals surface area contributed by atoms with Crippen LogP contribution in [0.2, 0.25) is 0 Å². The number of hydrogen-bond acceptors (Lipinski definition) is 2. The Morgan fingerprint density at radius 2 is 1.93 bits per heavy atom. The first-order valence-corrected chi connectivity index (χ1v) is 6.29.